The third kappa shape index (κ3) is 4.18. The SMILES string of the molecule is CCN(C(=O)CN1CCN(c2nnnn2-c2ccccc2)CC1)c1ccccc1C. The average molecular weight is 406 g/mol. The van der Waals surface area contributed by atoms with Gasteiger partial charge in [-0.05, 0) is 48.0 Å². The molecule has 1 aromatic heterocycles. The molecule has 30 heavy (non-hydrogen) atoms. The molecule has 1 aliphatic rings. The third-order valence-electron chi connectivity index (χ3n) is 5.49. The Bertz CT molecular complexity index is 980. The van der Waals surface area contributed by atoms with Crippen molar-refractivity contribution in [3.8, 4) is 5.69 Å². The van der Waals surface area contributed by atoms with Gasteiger partial charge in [-0.3, -0.25) is 9.69 Å². The lowest BCUT2D eigenvalue weighted by Gasteiger charge is -2.35. The molecule has 0 bridgehead atoms. The first-order valence-electron chi connectivity index (χ1n) is 10.3. The van der Waals surface area contributed by atoms with E-state index in [0.29, 0.717) is 13.1 Å². The molecule has 1 aliphatic heterocycles. The number of amides is 1. The van der Waals surface area contributed by atoms with Crippen molar-refractivity contribution in [1.29, 1.82) is 0 Å². The summed E-state index contributed by atoms with van der Waals surface area (Å²) < 4.78 is 1.76. The minimum atomic E-state index is 0.134. The number of carbonyl (C=O) groups is 1. The highest BCUT2D eigenvalue weighted by Crippen LogP contribution is 2.20. The first-order chi connectivity index (χ1) is 14.7. The van der Waals surface area contributed by atoms with E-state index in [2.05, 4.69) is 25.3 Å². The number of likely N-dealkylation sites (N-methyl/N-ethyl adjacent to an activating group) is 1. The molecule has 0 saturated carbocycles. The minimum absolute atomic E-state index is 0.134. The third-order valence-corrected chi connectivity index (χ3v) is 5.49. The summed E-state index contributed by atoms with van der Waals surface area (Å²) in [5.41, 5.74) is 3.04. The maximum atomic E-state index is 13.0. The Labute approximate surface area is 176 Å². The van der Waals surface area contributed by atoms with Crippen molar-refractivity contribution in [2.24, 2.45) is 0 Å². The molecule has 1 fully saturated rings. The van der Waals surface area contributed by atoms with Crippen LogP contribution in [0.4, 0.5) is 11.6 Å². The molecule has 8 heteroatoms. The maximum Gasteiger partial charge on any atom is 0.250 e. The fourth-order valence-corrected chi connectivity index (χ4v) is 3.85. The highest BCUT2D eigenvalue weighted by molar-refractivity contribution is 5.95. The monoisotopic (exact) mass is 405 g/mol. The second kappa shape index (κ2) is 9.04. The predicted octanol–water partition coefficient (Wildman–Crippen LogP) is 2.15. The van der Waals surface area contributed by atoms with E-state index in [1.165, 1.54) is 0 Å². The number of aryl methyl sites for hydroxylation is 1. The molecular weight excluding hydrogens is 378 g/mol. The number of benzene rings is 2. The van der Waals surface area contributed by atoms with E-state index in [-0.39, 0.29) is 5.91 Å². The van der Waals surface area contributed by atoms with E-state index in [1.807, 2.05) is 73.3 Å². The smallest absolute Gasteiger partial charge is 0.250 e. The zero-order valence-corrected chi connectivity index (χ0v) is 17.5. The molecule has 1 amide bonds. The number of nitrogens with zero attached hydrogens (tertiary/aromatic N) is 7. The van der Waals surface area contributed by atoms with Crippen LogP contribution in [0.2, 0.25) is 0 Å². The Hall–Kier alpha value is -3.26. The second-order valence-electron chi connectivity index (χ2n) is 7.41. The number of hydrogen-bond donors (Lipinski definition) is 0. The Kier molecular flexibility index (Phi) is 6.04. The number of aromatic nitrogens is 4. The molecular formula is C22H27N7O. The molecule has 1 saturated heterocycles. The van der Waals surface area contributed by atoms with Crippen LogP contribution in [0.5, 0.6) is 0 Å². The molecule has 156 valence electrons. The highest BCUT2D eigenvalue weighted by atomic mass is 16.2. The lowest BCUT2D eigenvalue weighted by molar-refractivity contribution is -0.119. The van der Waals surface area contributed by atoms with E-state index in [9.17, 15) is 4.79 Å². The summed E-state index contributed by atoms with van der Waals surface area (Å²) in [5, 5.41) is 12.2. The molecule has 2 aromatic carbocycles. The van der Waals surface area contributed by atoms with Gasteiger partial charge in [0.2, 0.25) is 11.9 Å². The van der Waals surface area contributed by atoms with Gasteiger partial charge in [-0.25, -0.2) is 0 Å². The summed E-state index contributed by atoms with van der Waals surface area (Å²) >= 11 is 0. The molecule has 0 atom stereocenters. The van der Waals surface area contributed by atoms with Gasteiger partial charge in [-0.2, -0.15) is 4.68 Å². The minimum Gasteiger partial charge on any atom is -0.337 e. The Morgan fingerprint density at radius 3 is 2.40 bits per heavy atom. The van der Waals surface area contributed by atoms with Crippen LogP contribution in [-0.4, -0.2) is 70.3 Å². The van der Waals surface area contributed by atoms with E-state index in [4.69, 9.17) is 0 Å². The fourth-order valence-electron chi connectivity index (χ4n) is 3.85. The quantitative estimate of drug-likeness (QED) is 0.626. The van der Waals surface area contributed by atoms with Gasteiger partial charge in [-0.1, -0.05) is 41.5 Å². The summed E-state index contributed by atoms with van der Waals surface area (Å²) in [6, 6.07) is 17.9. The Morgan fingerprint density at radius 2 is 1.70 bits per heavy atom. The van der Waals surface area contributed by atoms with Gasteiger partial charge in [0.05, 0.1) is 12.2 Å². The molecule has 4 rings (SSSR count). The number of tetrazole rings is 1. The number of hydrogen-bond acceptors (Lipinski definition) is 6. The van der Waals surface area contributed by atoms with E-state index < -0.39 is 0 Å². The van der Waals surface area contributed by atoms with Gasteiger partial charge in [0, 0.05) is 38.4 Å². The normalized spacial score (nSPS) is 14.7. The largest absolute Gasteiger partial charge is 0.337 e. The zero-order chi connectivity index (χ0) is 20.9. The van der Waals surface area contributed by atoms with Gasteiger partial charge in [0.25, 0.3) is 0 Å². The van der Waals surface area contributed by atoms with Crippen LogP contribution in [-0.2, 0) is 4.79 Å². The zero-order valence-electron chi connectivity index (χ0n) is 17.5. The lowest BCUT2D eigenvalue weighted by atomic mass is 10.1. The summed E-state index contributed by atoms with van der Waals surface area (Å²) in [6.07, 6.45) is 0. The Morgan fingerprint density at radius 1 is 1.00 bits per heavy atom. The van der Waals surface area contributed by atoms with Crippen molar-refractivity contribution < 1.29 is 4.79 Å². The van der Waals surface area contributed by atoms with Crippen LogP contribution in [0.3, 0.4) is 0 Å². The molecule has 0 unspecified atom stereocenters. The van der Waals surface area contributed by atoms with Crippen molar-refractivity contribution in [2.45, 2.75) is 13.8 Å². The number of piperazine rings is 1. The summed E-state index contributed by atoms with van der Waals surface area (Å²) in [5.74, 6) is 0.872. The molecule has 0 N–H and O–H groups in total. The first-order valence-corrected chi connectivity index (χ1v) is 10.3. The van der Waals surface area contributed by atoms with Crippen LogP contribution in [0.15, 0.2) is 54.6 Å². The van der Waals surface area contributed by atoms with Crippen molar-refractivity contribution in [1.82, 2.24) is 25.1 Å². The van der Waals surface area contributed by atoms with Gasteiger partial charge >= 0.3 is 0 Å². The number of anilines is 2. The van der Waals surface area contributed by atoms with Crippen LogP contribution < -0.4 is 9.80 Å². The predicted molar refractivity (Wildman–Crippen MR) is 117 cm³/mol. The number of para-hydroxylation sites is 2. The van der Waals surface area contributed by atoms with E-state index in [1.54, 1.807) is 4.68 Å². The van der Waals surface area contributed by atoms with Crippen molar-refractivity contribution in [2.75, 3.05) is 49.1 Å². The average Bonchev–Trinajstić information content (AvgIpc) is 3.27. The van der Waals surface area contributed by atoms with Gasteiger partial charge < -0.3 is 9.80 Å². The van der Waals surface area contributed by atoms with Crippen LogP contribution in [0.25, 0.3) is 5.69 Å². The van der Waals surface area contributed by atoms with Gasteiger partial charge in [-0.15, -0.1) is 0 Å². The molecule has 0 radical (unpaired) electrons. The van der Waals surface area contributed by atoms with Gasteiger partial charge in [0.15, 0.2) is 0 Å². The topological polar surface area (TPSA) is 70.4 Å². The molecule has 0 aliphatic carbocycles. The standard InChI is InChI=1S/C22H27N7O/c1-3-28(20-12-8-7-9-18(20)2)21(30)17-26-13-15-27(16-14-26)22-23-24-25-29(22)19-10-5-4-6-11-19/h4-12H,3,13-17H2,1-2H3. The van der Waals surface area contributed by atoms with Crippen molar-refractivity contribution in [3.63, 3.8) is 0 Å². The molecule has 3 aromatic rings. The fraction of sp³-hybridized carbons (Fsp3) is 0.364. The maximum absolute atomic E-state index is 13.0. The molecule has 0 spiro atoms. The molecule has 2 heterocycles. The first kappa shape index (κ1) is 20.0. The van der Waals surface area contributed by atoms with Crippen LogP contribution in [0, 0.1) is 6.92 Å². The highest BCUT2D eigenvalue weighted by Gasteiger charge is 2.25. The lowest BCUT2D eigenvalue weighted by Crippen LogP contribution is -2.50. The number of carbonyl (C=O) groups excluding carboxylic acids is 1. The van der Waals surface area contributed by atoms with Crippen molar-refractivity contribution in [3.05, 3.63) is 60.2 Å². The molecule has 8 nitrogen and oxygen atoms in total. The summed E-state index contributed by atoms with van der Waals surface area (Å²) in [6.45, 7) is 8.27. The number of rotatable bonds is 6. The second-order valence-corrected chi connectivity index (χ2v) is 7.41. The summed E-state index contributed by atoms with van der Waals surface area (Å²) in [4.78, 5) is 19.2. The van der Waals surface area contributed by atoms with E-state index in [0.717, 1.165) is 49.1 Å². The van der Waals surface area contributed by atoms with Gasteiger partial charge in [0.1, 0.15) is 0 Å². The Balaban J connectivity index is 1.38. The van der Waals surface area contributed by atoms with E-state index >= 15 is 0 Å². The van der Waals surface area contributed by atoms with Crippen LogP contribution in [0.1, 0.15) is 12.5 Å². The van der Waals surface area contributed by atoms with Crippen molar-refractivity contribution >= 4 is 17.5 Å². The summed E-state index contributed by atoms with van der Waals surface area (Å²) in [7, 11) is 0. The van der Waals surface area contributed by atoms with Crippen LogP contribution >= 0.6 is 0 Å².